The molecule has 0 fully saturated rings. The van der Waals surface area contributed by atoms with Gasteiger partial charge in [-0.25, -0.2) is 4.98 Å². The van der Waals surface area contributed by atoms with Gasteiger partial charge < -0.3 is 10.1 Å². The molecule has 1 amide bonds. The number of hydrogen-bond donors (Lipinski definition) is 1. The van der Waals surface area contributed by atoms with Crippen molar-refractivity contribution in [2.75, 3.05) is 12.4 Å². The fourth-order valence-corrected chi connectivity index (χ4v) is 2.59. The first-order chi connectivity index (χ1) is 11.1. The minimum Gasteiger partial charge on any atom is -0.469 e. The number of thiazole rings is 1. The molecule has 0 aliphatic carbocycles. The predicted octanol–water partition coefficient (Wildman–Crippen LogP) is 3.21. The van der Waals surface area contributed by atoms with Crippen molar-refractivity contribution in [2.24, 2.45) is 0 Å². The molecule has 0 bridgehead atoms. The maximum atomic E-state index is 11.9. The summed E-state index contributed by atoms with van der Waals surface area (Å²) in [5.41, 5.74) is 1.73. The Morgan fingerprint density at radius 1 is 1.30 bits per heavy atom. The molecule has 0 spiro atoms. The molecule has 1 heterocycles. The zero-order chi connectivity index (χ0) is 16.7. The number of hydrogen-bond acceptors (Lipinski definition) is 5. The Bertz CT molecular complexity index is 705. The fourth-order valence-electron chi connectivity index (χ4n) is 1.90. The first kappa shape index (κ1) is 16.9. The molecule has 120 valence electrons. The molecule has 0 saturated heterocycles. The third-order valence-corrected chi connectivity index (χ3v) is 3.98. The van der Waals surface area contributed by atoms with Gasteiger partial charge in [0, 0.05) is 29.3 Å². The standard InChI is InChI=1S/C17H18N2O3S/c1-12-18-11-15(23-12)8-9-16(20)19-14-6-3-13(4-7-14)5-10-17(21)22-2/h3-4,6-9,11H,5,10H2,1-2H3,(H,19,20)/b9-8+. The summed E-state index contributed by atoms with van der Waals surface area (Å²) in [7, 11) is 1.38. The van der Waals surface area contributed by atoms with Crippen LogP contribution in [0.15, 0.2) is 36.5 Å². The number of nitrogens with zero attached hydrogens (tertiary/aromatic N) is 1. The number of aryl methyl sites for hydroxylation is 2. The molecule has 5 nitrogen and oxygen atoms in total. The van der Waals surface area contributed by atoms with E-state index in [1.165, 1.54) is 24.5 Å². The normalized spacial score (nSPS) is 10.7. The first-order valence-electron chi connectivity index (χ1n) is 7.14. The van der Waals surface area contributed by atoms with Crippen molar-refractivity contribution in [3.63, 3.8) is 0 Å². The van der Waals surface area contributed by atoms with Gasteiger partial charge in [0.05, 0.1) is 12.1 Å². The average Bonchev–Trinajstić information content (AvgIpc) is 2.97. The van der Waals surface area contributed by atoms with Gasteiger partial charge in [-0.05, 0) is 37.1 Å². The molecule has 2 aromatic rings. The number of rotatable bonds is 6. The fraction of sp³-hybridized carbons (Fsp3) is 0.235. The summed E-state index contributed by atoms with van der Waals surface area (Å²) in [4.78, 5) is 28.0. The van der Waals surface area contributed by atoms with E-state index in [2.05, 4.69) is 15.0 Å². The van der Waals surface area contributed by atoms with Gasteiger partial charge in [-0.1, -0.05) is 12.1 Å². The van der Waals surface area contributed by atoms with E-state index >= 15 is 0 Å². The van der Waals surface area contributed by atoms with Crippen LogP contribution in [0.4, 0.5) is 5.69 Å². The molecular weight excluding hydrogens is 312 g/mol. The van der Waals surface area contributed by atoms with Crippen LogP contribution in [0, 0.1) is 6.92 Å². The van der Waals surface area contributed by atoms with Crippen molar-refractivity contribution in [3.05, 3.63) is 52.0 Å². The van der Waals surface area contributed by atoms with Crippen LogP contribution in [0.1, 0.15) is 21.9 Å². The van der Waals surface area contributed by atoms with Gasteiger partial charge in [-0.15, -0.1) is 11.3 Å². The molecule has 2 rings (SSSR count). The van der Waals surface area contributed by atoms with Crippen molar-refractivity contribution in [3.8, 4) is 0 Å². The zero-order valence-corrected chi connectivity index (χ0v) is 13.9. The molecule has 23 heavy (non-hydrogen) atoms. The van der Waals surface area contributed by atoms with Crippen molar-refractivity contribution >= 4 is 35.0 Å². The summed E-state index contributed by atoms with van der Waals surface area (Å²) in [6, 6.07) is 7.40. The topological polar surface area (TPSA) is 68.3 Å². The Morgan fingerprint density at radius 2 is 2.04 bits per heavy atom. The molecule has 0 unspecified atom stereocenters. The van der Waals surface area contributed by atoms with Crippen LogP contribution in [0.5, 0.6) is 0 Å². The van der Waals surface area contributed by atoms with Gasteiger partial charge in [-0.3, -0.25) is 9.59 Å². The number of amides is 1. The Morgan fingerprint density at radius 3 is 2.65 bits per heavy atom. The number of carbonyl (C=O) groups is 2. The van der Waals surface area contributed by atoms with Crippen LogP contribution < -0.4 is 5.32 Å². The number of anilines is 1. The van der Waals surface area contributed by atoms with Gasteiger partial charge >= 0.3 is 5.97 Å². The highest BCUT2D eigenvalue weighted by Crippen LogP contribution is 2.14. The number of ether oxygens (including phenoxy) is 1. The maximum Gasteiger partial charge on any atom is 0.305 e. The van der Waals surface area contributed by atoms with Gasteiger partial charge in [0.15, 0.2) is 0 Å². The molecule has 1 N–H and O–H groups in total. The van der Waals surface area contributed by atoms with E-state index < -0.39 is 0 Å². The van der Waals surface area contributed by atoms with Crippen LogP contribution in [-0.4, -0.2) is 24.0 Å². The number of methoxy groups -OCH3 is 1. The number of nitrogens with one attached hydrogen (secondary N) is 1. The molecule has 6 heteroatoms. The Hall–Kier alpha value is -2.47. The van der Waals surface area contributed by atoms with Gasteiger partial charge in [0.1, 0.15) is 0 Å². The third-order valence-electron chi connectivity index (χ3n) is 3.11. The van der Waals surface area contributed by atoms with Gasteiger partial charge in [-0.2, -0.15) is 0 Å². The second-order valence-electron chi connectivity index (χ2n) is 4.88. The van der Waals surface area contributed by atoms with E-state index in [1.807, 2.05) is 31.2 Å². The molecule has 0 aliphatic heterocycles. The molecule has 0 atom stereocenters. The van der Waals surface area contributed by atoms with E-state index in [0.717, 1.165) is 15.4 Å². The van der Waals surface area contributed by atoms with E-state index in [4.69, 9.17) is 0 Å². The highest BCUT2D eigenvalue weighted by atomic mass is 32.1. The predicted molar refractivity (Wildman–Crippen MR) is 91.3 cm³/mol. The van der Waals surface area contributed by atoms with E-state index in [-0.39, 0.29) is 11.9 Å². The van der Waals surface area contributed by atoms with Gasteiger partial charge in [0.2, 0.25) is 5.91 Å². The Kier molecular flexibility index (Phi) is 6.05. The Labute approximate surface area is 139 Å². The highest BCUT2D eigenvalue weighted by Gasteiger charge is 2.03. The summed E-state index contributed by atoms with van der Waals surface area (Å²) < 4.78 is 4.61. The Balaban J connectivity index is 1.86. The second kappa shape index (κ2) is 8.24. The summed E-state index contributed by atoms with van der Waals surface area (Å²) in [5, 5.41) is 3.75. The average molecular weight is 330 g/mol. The number of benzene rings is 1. The maximum absolute atomic E-state index is 11.9. The lowest BCUT2D eigenvalue weighted by Gasteiger charge is -2.04. The van der Waals surface area contributed by atoms with Crippen LogP contribution in [0.25, 0.3) is 6.08 Å². The van der Waals surface area contributed by atoms with E-state index in [0.29, 0.717) is 18.5 Å². The van der Waals surface area contributed by atoms with E-state index in [9.17, 15) is 9.59 Å². The zero-order valence-electron chi connectivity index (χ0n) is 13.0. The number of esters is 1. The van der Waals surface area contributed by atoms with Crippen LogP contribution in [0.3, 0.4) is 0 Å². The third kappa shape index (κ3) is 5.67. The molecule has 0 aliphatic rings. The lowest BCUT2D eigenvalue weighted by molar-refractivity contribution is -0.140. The van der Waals surface area contributed by atoms with Crippen LogP contribution in [-0.2, 0) is 20.7 Å². The van der Waals surface area contributed by atoms with Gasteiger partial charge in [0.25, 0.3) is 0 Å². The molecule has 1 aromatic heterocycles. The SMILES string of the molecule is COC(=O)CCc1ccc(NC(=O)/C=C/c2cnc(C)s2)cc1. The lowest BCUT2D eigenvalue weighted by atomic mass is 10.1. The summed E-state index contributed by atoms with van der Waals surface area (Å²) in [5.74, 6) is -0.427. The smallest absolute Gasteiger partial charge is 0.305 e. The minimum absolute atomic E-state index is 0.196. The molecule has 1 aromatic carbocycles. The quantitative estimate of drug-likeness (QED) is 0.652. The number of aromatic nitrogens is 1. The van der Waals surface area contributed by atoms with Crippen LogP contribution in [0.2, 0.25) is 0 Å². The second-order valence-corrected chi connectivity index (χ2v) is 6.14. The lowest BCUT2D eigenvalue weighted by Crippen LogP contribution is -2.07. The number of carbonyl (C=O) groups excluding carboxylic acids is 2. The highest BCUT2D eigenvalue weighted by molar-refractivity contribution is 7.12. The van der Waals surface area contributed by atoms with Crippen molar-refractivity contribution in [1.29, 1.82) is 0 Å². The van der Waals surface area contributed by atoms with Crippen LogP contribution >= 0.6 is 11.3 Å². The monoisotopic (exact) mass is 330 g/mol. The molecule has 0 saturated carbocycles. The van der Waals surface area contributed by atoms with Crippen molar-refractivity contribution in [1.82, 2.24) is 4.98 Å². The molecular formula is C17H18N2O3S. The minimum atomic E-state index is -0.231. The molecule has 0 radical (unpaired) electrons. The van der Waals surface area contributed by atoms with Crippen molar-refractivity contribution in [2.45, 2.75) is 19.8 Å². The largest absolute Gasteiger partial charge is 0.469 e. The summed E-state index contributed by atoms with van der Waals surface area (Å²) in [6.45, 7) is 1.92. The first-order valence-corrected chi connectivity index (χ1v) is 7.96. The summed E-state index contributed by atoms with van der Waals surface area (Å²) in [6.07, 6.45) is 5.92. The summed E-state index contributed by atoms with van der Waals surface area (Å²) >= 11 is 1.53. The van der Waals surface area contributed by atoms with Crippen molar-refractivity contribution < 1.29 is 14.3 Å². The van der Waals surface area contributed by atoms with E-state index in [1.54, 1.807) is 12.3 Å².